The summed E-state index contributed by atoms with van der Waals surface area (Å²) in [5, 5.41) is 14.4. The van der Waals surface area contributed by atoms with E-state index < -0.39 is 0 Å². The van der Waals surface area contributed by atoms with Crippen LogP contribution < -0.4 is 10.6 Å². The molecule has 0 saturated heterocycles. The molecule has 1 atom stereocenters. The van der Waals surface area contributed by atoms with Crippen molar-refractivity contribution in [2.75, 3.05) is 10.6 Å². The highest BCUT2D eigenvalue weighted by atomic mass is 32.2. The van der Waals surface area contributed by atoms with Crippen LogP contribution in [0.15, 0.2) is 58.9 Å². The Hall–Kier alpha value is -2.45. The Morgan fingerprint density at radius 2 is 1.80 bits per heavy atom. The molecule has 3 rings (SSSR count). The van der Waals surface area contributed by atoms with Crippen molar-refractivity contribution in [2.45, 2.75) is 16.5 Å². The van der Waals surface area contributed by atoms with Crippen molar-refractivity contribution in [3.63, 3.8) is 0 Å². The van der Waals surface area contributed by atoms with E-state index in [1.165, 1.54) is 47.4 Å². The number of amides is 1. The summed E-state index contributed by atoms with van der Waals surface area (Å²) in [4.78, 5) is 12.2. The zero-order valence-electron chi connectivity index (χ0n) is 13.3. The van der Waals surface area contributed by atoms with Crippen molar-refractivity contribution >= 4 is 45.5 Å². The third-order valence-electron chi connectivity index (χ3n) is 3.19. The molecule has 0 bridgehead atoms. The monoisotopic (exact) mass is 374 g/mol. The first-order valence-corrected chi connectivity index (χ1v) is 9.18. The lowest BCUT2D eigenvalue weighted by molar-refractivity contribution is -0.115. The molecular formula is C17H15FN4OS2. The van der Waals surface area contributed by atoms with Gasteiger partial charge in [-0.2, -0.15) is 0 Å². The van der Waals surface area contributed by atoms with E-state index in [9.17, 15) is 9.18 Å². The minimum absolute atomic E-state index is 0.177. The predicted octanol–water partition coefficient (Wildman–Crippen LogP) is 4.54. The first kappa shape index (κ1) is 17.4. The predicted molar refractivity (Wildman–Crippen MR) is 100.0 cm³/mol. The van der Waals surface area contributed by atoms with Crippen molar-refractivity contribution in [1.82, 2.24) is 10.2 Å². The smallest absolute Gasteiger partial charge is 0.237 e. The van der Waals surface area contributed by atoms with Crippen molar-refractivity contribution in [2.24, 2.45) is 0 Å². The zero-order chi connectivity index (χ0) is 17.6. The van der Waals surface area contributed by atoms with Gasteiger partial charge in [-0.15, -0.1) is 10.2 Å². The molecule has 0 aliphatic rings. The molecule has 5 nitrogen and oxygen atoms in total. The maximum Gasteiger partial charge on any atom is 0.237 e. The van der Waals surface area contributed by atoms with Crippen molar-refractivity contribution in [3.05, 3.63) is 60.4 Å². The quantitative estimate of drug-likeness (QED) is 0.620. The highest BCUT2D eigenvalue weighted by Crippen LogP contribution is 2.30. The maximum absolute atomic E-state index is 12.9. The molecule has 1 amide bonds. The van der Waals surface area contributed by atoms with Gasteiger partial charge in [-0.25, -0.2) is 4.39 Å². The van der Waals surface area contributed by atoms with Crippen LogP contribution >= 0.6 is 23.1 Å². The van der Waals surface area contributed by atoms with Gasteiger partial charge in [0.1, 0.15) is 5.82 Å². The molecule has 0 saturated carbocycles. The fourth-order valence-electron chi connectivity index (χ4n) is 1.93. The van der Waals surface area contributed by atoms with Crippen molar-refractivity contribution < 1.29 is 9.18 Å². The van der Waals surface area contributed by atoms with Crippen LogP contribution in [0.1, 0.15) is 6.92 Å². The first-order chi connectivity index (χ1) is 12.1. The summed E-state index contributed by atoms with van der Waals surface area (Å²) in [6.45, 7) is 1.79. The molecule has 25 heavy (non-hydrogen) atoms. The van der Waals surface area contributed by atoms with Crippen LogP contribution in [-0.4, -0.2) is 21.4 Å². The Morgan fingerprint density at radius 3 is 2.52 bits per heavy atom. The van der Waals surface area contributed by atoms with Gasteiger partial charge in [0.05, 0.1) is 5.25 Å². The number of carbonyl (C=O) groups is 1. The lowest BCUT2D eigenvalue weighted by atomic mass is 10.3. The average molecular weight is 374 g/mol. The van der Waals surface area contributed by atoms with Crippen LogP contribution in [0, 0.1) is 5.82 Å². The number of thioether (sulfide) groups is 1. The van der Waals surface area contributed by atoms with Gasteiger partial charge >= 0.3 is 0 Å². The molecule has 2 aromatic carbocycles. The molecule has 0 spiro atoms. The molecule has 0 radical (unpaired) electrons. The highest BCUT2D eigenvalue weighted by molar-refractivity contribution is 8.02. The Labute approximate surface area is 152 Å². The van der Waals surface area contributed by atoms with Crippen LogP contribution in [0.25, 0.3) is 0 Å². The fraction of sp³-hybridized carbons (Fsp3) is 0.118. The summed E-state index contributed by atoms with van der Waals surface area (Å²) in [5.41, 5.74) is 1.49. The van der Waals surface area contributed by atoms with Crippen molar-refractivity contribution in [3.8, 4) is 0 Å². The van der Waals surface area contributed by atoms with Gasteiger partial charge in [0, 0.05) is 11.4 Å². The van der Waals surface area contributed by atoms with E-state index in [1.54, 1.807) is 6.92 Å². The van der Waals surface area contributed by atoms with Gasteiger partial charge in [0.25, 0.3) is 0 Å². The number of aromatic nitrogens is 2. The van der Waals surface area contributed by atoms with Crippen LogP contribution in [0.5, 0.6) is 0 Å². The SMILES string of the molecule is C[C@@H](Sc1nnc(Nc2ccccc2)s1)C(=O)Nc1ccc(F)cc1. The molecule has 1 heterocycles. The minimum Gasteiger partial charge on any atom is -0.330 e. The number of hydrogen-bond acceptors (Lipinski definition) is 6. The average Bonchev–Trinajstić information content (AvgIpc) is 3.04. The van der Waals surface area contributed by atoms with E-state index in [0.29, 0.717) is 15.2 Å². The Morgan fingerprint density at radius 1 is 1.08 bits per heavy atom. The number of hydrogen-bond donors (Lipinski definition) is 2. The topological polar surface area (TPSA) is 66.9 Å². The Balaban J connectivity index is 1.56. The molecule has 8 heteroatoms. The van der Waals surface area contributed by atoms with E-state index in [2.05, 4.69) is 20.8 Å². The molecule has 0 aliphatic heterocycles. The fourth-order valence-corrected chi connectivity index (χ4v) is 3.85. The largest absolute Gasteiger partial charge is 0.330 e. The first-order valence-electron chi connectivity index (χ1n) is 7.49. The van der Waals surface area contributed by atoms with Gasteiger partial charge in [0.2, 0.25) is 11.0 Å². The summed E-state index contributed by atoms with van der Waals surface area (Å²) in [6, 6.07) is 15.3. The summed E-state index contributed by atoms with van der Waals surface area (Å²) >= 11 is 2.71. The summed E-state index contributed by atoms with van der Waals surface area (Å²) in [6.07, 6.45) is 0. The molecule has 1 aromatic heterocycles. The Kier molecular flexibility index (Phi) is 5.62. The second-order valence-electron chi connectivity index (χ2n) is 5.12. The lowest BCUT2D eigenvalue weighted by Crippen LogP contribution is -2.22. The van der Waals surface area contributed by atoms with Gasteiger partial charge in [-0.05, 0) is 43.3 Å². The standard InChI is InChI=1S/C17H15FN4OS2/c1-11(15(23)19-14-9-7-12(18)8-10-14)24-17-22-21-16(25-17)20-13-5-3-2-4-6-13/h2-11H,1H3,(H,19,23)(H,20,21)/t11-/m1/s1. The number of halogens is 1. The van der Waals surface area contributed by atoms with Gasteiger partial charge in [-0.1, -0.05) is 41.3 Å². The molecule has 0 aliphatic carbocycles. The van der Waals surface area contributed by atoms with Crippen LogP contribution in [0.3, 0.4) is 0 Å². The van der Waals surface area contributed by atoms with E-state index in [0.717, 1.165) is 5.69 Å². The van der Waals surface area contributed by atoms with Crippen LogP contribution in [0.4, 0.5) is 20.9 Å². The number of nitrogens with zero attached hydrogens (tertiary/aromatic N) is 2. The number of nitrogens with one attached hydrogen (secondary N) is 2. The lowest BCUT2D eigenvalue weighted by Gasteiger charge is -2.10. The van der Waals surface area contributed by atoms with Crippen LogP contribution in [-0.2, 0) is 4.79 Å². The molecule has 128 valence electrons. The Bertz CT molecular complexity index is 839. The number of benzene rings is 2. The third-order valence-corrected chi connectivity index (χ3v) is 5.21. The number of carbonyl (C=O) groups excluding carboxylic acids is 1. The summed E-state index contributed by atoms with van der Waals surface area (Å²) in [7, 11) is 0. The summed E-state index contributed by atoms with van der Waals surface area (Å²) in [5.74, 6) is -0.517. The van der Waals surface area contributed by atoms with Gasteiger partial charge < -0.3 is 10.6 Å². The van der Waals surface area contributed by atoms with E-state index in [4.69, 9.17) is 0 Å². The third kappa shape index (κ3) is 5.01. The zero-order valence-corrected chi connectivity index (χ0v) is 14.9. The van der Waals surface area contributed by atoms with Crippen LogP contribution in [0.2, 0.25) is 0 Å². The molecule has 0 unspecified atom stereocenters. The van der Waals surface area contributed by atoms with Gasteiger partial charge in [0.15, 0.2) is 4.34 Å². The molecular weight excluding hydrogens is 359 g/mol. The normalized spacial score (nSPS) is 11.8. The second kappa shape index (κ2) is 8.09. The van der Waals surface area contributed by atoms with E-state index in [1.807, 2.05) is 30.3 Å². The van der Waals surface area contributed by atoms with E-state index in [-0.39, 0.29) is 17.0 Å². The molecule has 2 N–H and O–H groups in total. The second-order valence-corrected chi connectivity index (χ2v) is 7.69. The van der Waals surface area contributed by atoms with E-state index >= 15 is 0 Å². The number of para-hydroxylation sites is 1. The van der Waals surface area contributed by atoms with Crippen molar-refractivity contribution in [1.29, 1.82) is 0 Å². The summed E-state index contributed by atoms with van der Waals surface area (Å²) < 4.78 is 13.6. The highest BCUT2D eigenvalue weighted by Gasteiger charge is 2.17. The maximum atomic E-state index is 12.9. The number of anilines is 3. The molecule has 3 aromatic rings. The van der Waals surface area contributed by atoms with Gasteiger partial charge in [-0.3, -0.25) is 4.79 Å². The number of rotatable bonds is 6. The molecule has 0 fully saturated rings. The minimum atomic E-state index is -0.359.